The first kappa shape index (κ1) is 15.3. The van der Waals surface area contributed by atoms with Gasteiger partial charge in [-0.25, -0.2) is 13.1 Å². The molecule has 0 aliphatic carbocycles. The quantitative estimate of drug-likeness (QED) is 0.600. The molecule has 21 heavy (non-hydrogen) atoms. The highest BCUT2D eigenvalue weighted by Crippen LogP contribution is 2.31. The zero-order valence-electron chi connectivity index (χ0n) is 11.5. The Morgan fingerprint density at radius 2 is 2.29 bits per heavy atom. The lowest BCUT2D eigenvalue weighted by Crippen LogP contribution is -2.34. The van der Waals surface area contributed by atoms with E-state index in [4.69, 9.17) is 9.47 Å². The van der Waals surface area contributed by atoms with Crippen LogP contribution in [0.5, 0.6) is 5.75 Å². The fourth-order valence-corrected chi connectivity index (χ4v) is 2.80. The van der Waals surface area contributed by atoms with Crippen LogP contribution in [-0.2, 0) is 19.6 Å². The largest absolute Gasteiger partial charge is 0.500 e. The highest BCUT2D eigenvalue weighted by Gasteiger charge is 2.25. The van der Waals surface area contributed by atoms with Crippen molar-refractivity contribution in [2.24, 2.45) is 0 Å². The summed E-state index contributed by atoms with van der Waals surface area (Å²) in [6.45, 7) is 5.28. The number of anilines is 1. The number of benzene rings is 1. The molecule has 8 heteroatoms. The highest BCUT2D eigenvalue weighted by molar-refractivity contribution is 7.89. The molecule has 114 valence electrons. The van der Waals surface area contributed by atoms with Gasteiger partial charge in [0, 0.05) is 6.54 Å². The first-order valence-corrected chi connectivity index (χ1v) is 7.76. The first-order valence-electron chi connectivity index (χ1n) is 6.28. The van der Waals surface area contributed by atoms with Gasteiger partial charge in [0.25, 0.3) is 5.91 Å². The average molecular weight is 312 g/mol. The van der Waals surface area contributed by atoms with Crippen molar-refractivity contribution < 1.29 is 22.7 Å². The van der Waals surface area contributed by atoms with Gasteiger partial charge in [-0.2, -0.15) is 0 Å². The number of ether oxygens (including phenoxy) is 2. The molecule has 1 heterocycles. The van der Waals surface area contributed by atoms with Gasteiger partial charge in [-0.05, 0) is 25.1 Å². The van der Waals surface area contributed by atoms with Crippen molar-refractivity contribution >= 4 is 21.6 Å². The highest BCUT2D eigenvalue weighted by atomic mass is 32.2. The van der Waals surface area contributed by atoms with Crippen molar-refractivity contribution in [1.82, 2.24) is 4.72 Å². The van der Waals surface area contributed by atoms with E-state index in [9.17, 15) is 13.2 Å². The average Bonchev–Trinajstić information content (AvgIpc) is 2.44. The molecular formula is C13H16N2O5S. The normalized spacial score (nSPS) is 17.4. The van der Waals surface area contributed by atoms with Crippen LogP contribution in [-0.4, -0.2) is 33.6 Å². The standard InChI is InChI=1S/C13H16N2O5S/c1-3-19-7-6-14-21(17,18)10-4-5-12-11(8-10)15-13(16)9(2)20-12/h3-5,8-9,14H,1,6-7H2,2H3,(H,15,16)/t9-/m1/s1. The Hall–Kier alpha value is -2.06. The molecule has 0 saturated heterocycles. The lowest BCUT2D eigenvalue weighted by molar-refractivity contribution is -0.122. The van der Waals surface area contributed by atoms with Crippen molar-refractivity contribution in [2.45, 2.75) is 17.9 Å². The maximum atomic E-state index is 12.1. The predicted octanol–water partition coefficient (Wildman–Crippen LogP) is 0.844. The summed E-state index contributed by atoms with van der Waals surface area (Å²) in [4.78, 5) is 11.6. The number of nitrogens with one attached hydrogen (secondary N) is 2. The molecule has 7 nitrogen and oxygen atoms in total. The minimum Gasteiger partial charge on any atom is -0.500 e. The molecule has 1 amide bonds. The van der Waals surface area contributed by atoms with E-state index in [2.05, 4.69) is 16.6 Å². The molecule has 1 aliphatic heterocycles. The molecule has 0 fully saturated rings. The number of hydrogen-bond donors (Lipinski definition) is 2. The third-order valence-electron chi connectivity index (χ3n) is 2.82. The van der Waals surface area contributed by atoms with Gasteiger partial charge in [-0.3, -0.25) is 4.79 Å². The van der Waals surface area contributed by atoms with Crippen LogP contribution in [0.15, 0.2) is 35.9 Å². The lowest BCUT2D eigenvalue weighted by atomic mass is 10.2. The third kappa shape index (κ3) is 3.53. The van der Waals surface area contributed by atoms with E-state index in [0.29, 0.717) is 11.4 Å². The van der Waals surface area contributed by atoms with Gasteiger partial charge in [0.15, 0.2) is 6.10 Å². The molecule has 1 aliphatic rings. The fraction of sp³-hybridized carbons (Fsp3) is 0.308. The third-order valence-corrected chi connectivity index (χ3v) is 4.28. The number of sulfonamides is 1. The van der Waals surface area contributed by atoms with Crippen molar-refractivity contribution in [1.29, 1.82) is 0 Å². The zero-order chi connectivity index (χ0) is 15.5. The molecule has 1 atom stereocenters. The Bertz CT molecular complexity index is 657. The summed E-state index contributed by atoms with van der Waals surface area (Å²) in [6.07, 6.45) is 0.635. The van der Waals surface area contributed by atoms with E-state index in [-0.39, 0.29) is 24.0 Å². The predicted molar refractivity (Wildman–Crippen MR) is 76.5 cm³/mol. The van der Waals surface area contributed by atoms with Gasteiger partial charge in [0.05, 0.1) is 16.8 Å². The molecule has 0 spiro atoms. The molecule has 1 aromatic rings. The van der Waals surface area contributed by atoms with Crippen LogP contribution >= 0.6 is 0 Å². The maximum absolute atomic E-state index is 12.1. The molecule has 0 unspecified atom stereocenters. The van der Waals surface area contributed by atoms with Gasteiger partial charge in [-0.15, -0.1) is 0 Å². The Kier molecular flexibility index (Phi) is 4.49. The van der Waals surface area contributed by atoms with Crippen molar-refractivity contribution in [3.05, 3.63) is 31.0 Å². The number of carbonyl (C=O) groups is 1. The fourth-order valence-electron chi connectivity index (χ4n) is 1.76. The van der Waals surface area contributed by atoms with Crippen molar-refractivity contribution in [2.75, 3.05) is 18.5 Å². The maximum Gasteiger partial charge on any atom is 0.265 e. The second kappa shape index (κ2) is 6.15. The van der Waals surface area contributed by atoms with Crippen molar-refractivity contribution in [3.63, 3.8) is 0 Å². The van der Waals surface area contributed by atoms with Crippen LogP contribution < -0.4 is 14.8 Å². The van der Waals surface area contributed by atoms with E-state index in [0.717, 1.165) is 0 Å². The van der Waals surface area contributed by atoms with Crippen LogP contribution in [0.1, 0.15) is 6.92 Å². The van der Waals surface area contributed by atoms with E-state index in [1.54, 1.807) is 6.92 Å². The Balaban J connectivity index is 2.16. The van der Waals surface area contributed by atoms with Crippen LogP contribution in [0.2, 0.25) is 0 Å². The molecule has 0 saturated carbocycles. The molecule has 0 aromatic heterocycles. The Labute approximate surface area is 123 Å². The number of amides is 1. The van der Waals surface area contributed by atoms with Gasteiger partial charge >= 0.3 is 0 Å². The minimum absolute atomic E-state index is 0.0401. The van der Waals surface area contributed by atoms with E-state index >= 15 is 0 Å². The second-order valence-corrected chi connectivity index (χ2v) is 6.11. The van der Waals surface area contributed by atoms with Crippen LogP contribution in [0.25, 0.3) is 0 Å². The molecular weight excluding hydrogens is 296 g/mol. The van der Waals surface area contributed by atoms with E-state index in [1.165, 1.54) is 24.5 Å². The van der Waals surface area contributed by atoms with E-state index < -0.39 is 16.1 Å². The summed E-state index contributed by atoms with van der Waals surface area (Å²) in [5, 5.41) is 2.60. The topological polar surface area (TPSA) is 93.7 Å². The second-order valence-electron chi connectivity index (χ2n) is 4.34. The van der Waals surface area contributed by atoms with Gasteiger partial charge < -0.3 is 14.8 Å². The summed E-state index contributed by atoms with van der Waals surface area (Å²) in [6, 6.07) is 4.29. The van der Waals surface area contributed by atoms with Crippen LogP contribution in [0, 0.1) is 0 Å². The minimum atomic E-state index is -3.68. The number of carbonyl (C=O) groups excluding carboxylic acids is 1. The molecule has 2 N–H and O–H groups in total. The summed E-state index contributed by atoms with van der Waals surface area (Å²) in [5.41, 5.74) is 0.336. The molecule has 1 aromatic carbocycles. The van der Waals surface area contributed by atoms with E-state index in [1.807, 2.05) is 0 Å². The lowest BCUT2D eigenvalue weighted by Gasteiger charge is -2.23. The number of fused-ring (bicyclic) bond motifs is 1. The zero-order valence-corrected chi connectivity index (χ0v) is 12.3. The monoisotopic (exact) mass is 312 g/mol. The summed E-state index contributed by atoms with van der Waals surface area (Å²) >= 11 is 0. The van der Waals surface area contributed by atoms with Crippen molar-refractivity contribution in [3.8, 4) is 5.75 Å². The number of rotatable bonds is 6. The van der Waals surface area contributed by atoms with Gasteiger partial charge in [0.2, 0.25) is 10.0 Å². The smallest absolute Gasteiger partial charge is 0.265 e. The Morgan fingerprint density at radius 3 is 3.00 bits per heavy atom. The van der Waals surface area contributed by atoms with Crippen LogP contribution in [0.4, 0.5) is 5.69 Å². The molecule has 2 rings (SSSR count). The molecule has 0 radical (unpaired) electrons. The number of hydrogen-bond acceptors (Lipinski definition) is 5. The van der Waals surface area contributed by atoms with Gasteiger partial charge in [0.1, 0.15) is 12.4 Å². The van der Waals surface area contributed by atoms with Crippen LogP contribution in [0.3, 0.4) is 0 Å². The first-order chi connectivity index (χ1) is 9.94. The van der Waals surface area contributed by atoms with Gasteiger partial charge in [-0.1, -0.05) is 6.58 Å². The molecule has 0 bridgehead atoms. The summed E-state index contributed by atoms with van der Waals surface area (Å²) in [7, 11) is -3.68. The Morgan fingerprint density at radius 1 is 1.52 bits per heavy atom. The summed E-state index contributed by atoms with van der Waals surface area (Å²) < 4.78 is 36.8. The SMILES string of the molecule is C=COCCNS(=O)(=O)c1ccc2c(c1)NC(=O)[C@@H](C)O2. The summed E-state index contributed by atoms with van der Waals surface area (Å²) in [5.74, 6) is 0.125.